The lowest BCUT2D eigenvalue weighted by molar-refractivity contribution is 0.0613. The fraction of sp³-hybridized carbons (Fsp3) is 0.688. The van der Waals surface area contributed by atoms with Crippen molar-refractivity contribution in [3.63, 3.8) is 0 Å². The van der Waals surface area contributed by atoms with Crippen molar-refractivity contribution in [3.8, 4) is 0 Å². The van der Waals surface area contributed by atoms with Crippen LogP contribution in [0.5, 0.6) is 0 Å². The zero-order chi connectivity index (χ0) is 16.2. The molecule has 7 heteroatoms. The van der Waals surface area contributed by atoms with Gasteiger partial charge in [0.05, 0.1) is 0 Å². The third-order valence-corrected chi connectivity index (χ3v) is 4.50. The first-order chi connectivity index (χ1) is 11.2. The highest BCUT2D eigenvalue weighted by Crippen LogP contribution is 2.25. The summed E-state index contributed by atoms with van der Waals surface area (Å²) in [6.07, 6.45) is 6.59. The molecule has 0 unspecified atom stereocenters. The molecule has 2 aromatic rings. The summed E-state index contributed by atoms with van der Waals surface area (Å²) < 4.78 is 7.67. The Bertz CT molecular complexity index is 662. The fourth-order valence-corrected chi connectivity index (χ4v) is 3.19. The van der Waals surface area contributed by atoms with E-state index in [1.54, 1.807) is 0 Å². The third kappa shape index (κ3) is 3.55. The highest BCUT2D eigenvalue weighted by molar-refractivity contribution is 5.83. The summed E-state index contributed by atoms with van der Waals surface area (Å²) in [5.74, 6) is 2.22. The number of imidazole rings is 1. The van der Waals surface area contributed by atoms with E-state index in [0.717, 1.165) is 56.9 Å². The number of ether oxygens (including phenoxy) is 1. The summed E-state index contributed by atoms with van der Waals surface area (Å²) in [4.78, 5) is 13.2. The van der Waals surface area contributed by atoms with Crippen molar-refractivity contribution < 1.29 is 4.74 Å². The first-order valence-electron chi connectivity index (χ1n) is 8.55. The molecule has 0 bridgehead atoms. The number of fused-ring (bicyclic) bond motifs is 1. The molecule has 0 aromatic carbocycles. The van der Waals surface area contributed by atoms with Gasteiger partial charge in [0.1, 0.15) is 5.82 Å². The standard InChI is InChI=1S/C16H26N6O/c1-2-3-4-5-12-19-13-14(17)20-16(18)21-15(13)22(12)10-11-6-8-23-9-7-11/h11H,2-10H2,1H3,(H4,17,18,20,21). The van der Waals surface area contributed by atoms with Gasteiger partial charge >= 0.3 is 0 Å². The Balaban J connectivity index is 1.94. The highest BCUT2D eigenvalue weighted by atomic mass is 16.5. The quantitative estimate of drug-likeness (QED) is 0.791. The predicted molar refractivity (Wildman–Crippen MR) is 90.9 cm³/mol. The number of hydrogen-bond acceptors (Lipinski definition) is 6. The van der Waals surface area contributed by atoms with Crippen LogP contribution in [0, 0.1) is 5.92 Å². The Hall–Kier alpha value is -1.89. The Morgan fingerprint density at radius 3 is 2.65 bits per heavy atom. The van der Waals surface area contributed by atoms with Crippen LogP contribution in [0.4, 0.5) is 11.8 Å². The second-order valence-electron chi connectivity index (χ2n) is 6.29. The van der Waals surface area contributed by atoms with E-state index in [1.165, 1.54) is 12.8 Å². The summed E-state index contributed by atoms with van der Waals surface area (Å²) in [5.41, 5.74) is 13.2. The summed E-state index contributed by atoms with van der Waals surface area (Å²) in [7, 11) is 0. The van der Waals surface area contributed by atoms with Gasteiger partial charge in [0, 0.05) is 26.2 Å². The van der Waals surface area contributed by atoms with Crippen LogP contribution in [0.15, 0.2) is 0 Å². The molecular formula is C16H26N6O. The van der Waals surface area contributed by atoms with Crippen molar-refractivity contribution >= 4 is 22.9 Å². The maximum absolute atomic E-state index is 6.00. The second kappa shape index (κ2) is 7.12. The third-order valence-electron chi connectivity index (χ3n) is 4.50. The number of hydrogen-bond donors (Lipinski definition) is 2. The maximum Gasteiger partial charge on any atom is 0.224 e. The molecule has 0 saturated carbocycles. The zero-order valence-electron chi connectivity index (χ0n) is 13.8. The monoisotopic (exact) mass is 318 g/mol. The van der Waals surface area contributed by atoms with Gasteiger partial charge in [-0.15, -0.1) is 0 Å². The van der Waals surface area contributed by atoms with E-state index in [9.17, 15) is 0 Å². The number of anilines is 2. The second-order valence-corrected chi connectivity index (χ2v) is 6.29. The van der Waals surface area contributed by atoms with E-state index in [-0.39, 0.29) is 5.95 Å². The molecule has 4 N–H and O–H groups in total. The molecule has 1 saturated heterocycles. The molecule has 0 spiro atoms. The Labute approximate surface area is 136 Å². The van der Waals surface area contributed by atoms with Crippen LogP contribution in [0.2, 0.25) is 0 Å². The van der Waals surface area contributed by atoms with E-state index in [0.29, 0.717) is 17.3 Å². The Morgan fingerprint density at radius 2 is 1.91 bits per heavy atom. The van der Waals surface area contributed by atoms with E-state index < -0.39 is 0 Å². The van der Waals surface area contributed by atoms with Crippen LogP contribution in [-0.4, -0.2) is 32.7 Å². The average molecular weight is 318 g/mol. The number of aromatic nitrogens is 4. The fourth-order valence-electron chi connectivity index (χ4n) is 3.19. The maximum atomic E-state index is 6.00. The molecule has 7 nitrogen and oxygen atoms in total. The van der Waals surface area contributed by atoms with Gasteiger partial charge in [-0.05, 0) is 25.2 Å². The molecule has 126 valence electrons. The minimum absolute atomic E-state index is 0.211. The van der Waals surface area contributed by atoms with Crippen molar-refractivity contribution in [3.05, 3.63) is 5.82 Å². The normalized spacial score (nSPS) is 16.2. The summed E-state index contributed by atoms with van der Waals surface area (Å²) in [6, 6.07) is 0. The van der Waals surface area contributed by atoms with Gasteiger partial charge in [0.25, 0.3) is 0 Å². The number of unbranched alkanes of at least 4 members (excludes halogenated alkanes) is 2. The van der Waals surface area contributed by atoms with E-state index in [2.05, 4.69) is 21.5 Å². The number of rotatable bonds is 6. The van der Waals surface area contributed by atoms with Crippen molar-refractivity contribution in [1.82, 2.24) is 19.5 Å². The molecular weight excluding hydrogens is 292 g/mol. The largest absolute Gasteiger partial charge is 0.382 e. The van der Waals surface area contributed by atoms with Gasteiger partial charge in [-0.3, -0.25) is 0 Å². The van der Waals surface area contributed by atoms with Gasteiger partial charge in [-0.1, -0.05) is 19.8 Å². The lowest BCUT2D eigenvalue weighted by Gasteiger charge is -2.23. The van der Waals surface area contributed by atoms with Crippen LogP contribution in [0.25, 0.3) is 11.2 Å². The molecule has 0 atom stereocenters. The molecule has 2 aromatic heterocycles. The predicted octanol–water partition coefficient (Wildman–Crippen LogP) is 2.15. The van der Waals surface area contributed by atoms with Crippen molar-refractivity contribution in [2.75, 3.05) is 24.7 Å². The molecule has 0 aliphatic carbocycles. The van der Waals surface area contributed by atoms with Crippen LogP contribution < -0.4 is 11.5 Å². The highest BCUT2D eigenvalue weighted by Gasteiger charge is 2.20. The van der Waals surface area contributed by atoms with Gasteiger partial charge in [-0.25, -0.2) is 4.98 Å². The minimum atomic E-state index is 0.211. The number of nitrogen functional groups attached to an aromatic ring is 2. The lowest BCUT2D eigenvalue weighted by atomic mass is 10.0. The van der Waals surface area contributed by atoms with E-state index in [1.807, 2.05) is 0 Å². The van der Waals surface area contributed by atoms with Gasteiger partial charge in [-0.2, -0.15) is 9.97 Å². The molecule has 1 aliphatic heterocycles. The number of nitrogens with zero attached hydrogens (tertiary/aromatic N) is 4. The Kier molecular flexibility index (Phi) is 4.95. The summed E-state index contributed by atoms with van der Waals surface area (Å²) in [5, 5.41) is 0. The Morgan fingerprint density at radius 1 is 1.13 bits per heavy atom. The SMILES string of the molecule is CCCCCc1nc2c(N)nc(N)nc2n1CC1CCOCC1. The average Bonchev–Trinajstić information content (AvgIpc) is 2.87. The summed E-state index contributed by atoms with van der Waals surface area (Å²) >= 11 is 0. The summed E-state index contributed by atoms with van der Waals surface area (Å²) in [6.45, 7) is 4.77. The van der Waals surface area contributed by atoms with Crippen LogP contribution in [0.1, 0.15) is 44.9 Å². The molecule has 23 heavy (non-hydrogen) atoms. The van der Waals surface area contributed by atoms with Crippen molar-refractivity contribution in [2.24, 2.45) is 5.92 Å². The lowest BCUT2D eigenvalue weighted by Crippen LogP contribution is -2.21. The topological polar surface area (TPSA) is 105 Å². The smallest absolute Gasteiger partial charge is 0.224 e. The molecule has 0 radical (unpaired) electrons. The molecule has 0 amide bonds. The molecule has 3 heterocycles. The van der Waals surface area contributed by atoms with Crippen LogP contribution in [-0.2, 0) is 17.7 Å². The van der Waals surface area contributed by atoms with E-state index in [4.69, 9.17) is 21.2 Å². The van der Waals surface area contributed by atoms with Crippen LogP contribution >= 0.6 is 0 Å². The van der Waals surface area contributed by atoms with Gasteiger partial charge in [0.2, 0.25) is 5.95 Å². The van der Waals surface area contributed by atoms with Crippen molar-refractivity contribution in [2.45, 2.75) is 52.0 Å². The molecule has 1 aliphatic rings. The zero-order valence-corrected chi connectivity index (χ0v) is 13.8. The number of aryl methyl sites for hydroxylation is 1. The molecule has 3 rings (SSSR count). The first kappa shape index (κ1) is 16.0. The van der Waals surface area contributed by atoms with E-state index >= 15 is 0 Å². The van der Waals surface area contributed by atoms with Crippen LogP contribution in [0.3, 0.4) is 0 Å². The molecule has 1 fully saturated rings. The van der Waals surface area contributed by atoms with Crippen molar-refractivity contribution in [1.29, 1.82) is 0 Å². The first-order valence-corrected chi connectivity index (χ1v) is 8.55. The van der Waals surface area contributed by atoms with Gasteiger partial charge < -0.3 is 20.8 Å². The minimum Gasteiger partial charge on any atom is -0.382 e. The van der Waals surface area contributed by atoms with Gasteiger partial charge in [0.15, 0.2) is 17.0 Å². The number of nitrogens with two attached hydrogens (primary N) is 2.